The first-order valence-electron chi connectivity index (χ1n) is 10.3. The molecule has 0 radical (unpaired) electrons. The van der Waals surface area contributed by atoms with Crippen LogP contribution in [0.15, 0.2) is 66.7 Å². The van der Waals surface area contributed by atoms with Crippen LogP contribution >= 0.6 is 11.3 Å². The van der Waals surface area contributed by atoms with Crippen molar-refractivity contribution in [2.45, 2.75) is 44.6 Å². The number of nitrogens with zero attached hydrogens (tertiary/aromatic N) is 1. The normalized spacial score (nSPS) is 25.1. The van der Waals surface area contributed by atoms with E-state index in [-0.39, 0.29) is 12.3 Å². The number of piperidine rings is 1. The van der Waals surface area contributed by atoms with Crippen molar-refractivity contribution >= 4 is 16.3 Å². The van der Waals surface area contributed by atoms with Crippen LogP contribution < -0.4 is 10.6 Å². The summed E-state index contributed by atoms with van der Waals surface area (Å²) in [5.74, 6) is 0. The fourth-order valence-electron chi connectivity index (χ4n) is 4.49. The molecule has 3 nitrogen and oxygen atoms in total. The molecule has 3 unspecified atom stereocenters. The molecule has 0 aliphatic carbocycles. The van der Waals surface area contributed by atoms with Gasteiger partial charge in [0.1, 0.15) is 6.17 Å². The van der Waals surface area contributed by atoms with E-state index in [0.717, 1.165) is 6.54 Å². The maximum Gasteiger partial charge on any atom is 0.105 e. The van der Waals surface area contributed by atoms with Gasteiger partial charge in [0.25, 0.3) is 0 Å². The van der Waals surface area contributed by atoms with Crippen LogP contribution in [0.4, 0.5) is 5.00 Å². The molecule has 3 heterocycles. The first kappa shape index (κ1) is 17.9. The maximum absolute atomic E-state index is 3.91. The monoisotopic (exact) mass is 389 g/mol. The molecule has 28 heavy (non-hydrogen) atoms. The van der Waals surface area contributed by atoms with Gasteiger partial charge < -0.3 is 5.32 Å². The Kier molecular flexibility index (Phi) is 4.93. The van der Waals surface area contributed by atoms with E-state index in [1.807, 2.05) is 11.3 Å². The first-order valence-corrected chi connectivity index (χ1v) is 11.1. The lowest BCUT2D eigenvalue weighted by atomic mass is 9.99. The molecule has 3 atom stereocenters. The summed E-state index contributed by atoms with van der Waals surface area (Å²) in [5.41, 5.74) is 3.98. The number of fused-ring (bicyclic) bond motifs is 1. The number of anilines is 1. The lowest BCUT2D eigenvalue weighted by molar-refractivity contribution is 0.0761. The zero-order chi connectivity index (χ0) is 18.9. The number of nitrogens with one attached hydrogen (secondary N) is 2. The number of thiophene rings is 1. The Morgan fingerprint density at radius 1 is 0.964 bits per heavy atom. The van der Waals surface area contributed by atoms with E-state index in [1.54, 1.807) is 0 Å². The zero-order valence-electron chi connectivity index (χ0n) is 16.3. The third-order valence-corrected chi connectivity index (χ3v) is 7.16. The molecule has 2 N–H and O–H groups in total. The van der Waals surface area contributed by atoms with Gasteiger partial charge in [0.15, 0.2) is 0 Å². The van der Waals surface area contributed by atoms with Gasteiger partial charge in [-0.25, -0.2) is 0 Å². The highest BCUT2D eigenvalue weighted by molar-refractivity contribution is 7.19. The van der Waals surface area contributed by atoms with E-state index in [2.05, 4.69) is 89.2 Å². The molecule has 0 saturated carbocycles. The van der Waals surface area contributed by atoms with E-state index in [0.29, 0.717) is 6.04 Å². The Morgan fingerprint density at radius 3 is 2.46 bits per heavy atom. The minimum atomic E-state index is 0.134. The number of rotatable bonds is 3. The predicted molar refractivity (Wildman–Crippen MR) is 118 cm³/mol. The van der Waals surface area contributed by atoms with E-state index >= 15 is 0 Å². The van der Waals surface area contributed by atoms with Crippen molar-refractivity contribution in [3.8, 4) is 10.4 Å². The van der Waals surface area contributed by atoms with Crippen molar-refractivity contribution in [3.63, 3.8) is 0 Å². The lowest BCUT2D eigenvalue weighted by Crippen LogP contribution is -2.50. The van der Waals surface area contributed by atoms with Crippen LogP contribution in [-0.2, 0) is 0 Å². The molecule has 3 aromatic rings. The summed E-state index contributed by atoms with van der Waals surface area (Å²) in [4.78, 5) is 4.00. The largest absolute Gasteiger partial charge is 0.357 e. The fourth-order valence-corrected chi connectivity index (χ4v) is 5.61. The standard InChI is InChI=1S/C24H27N3S/c1-17-10-8-9-15-27(17)23-20-16-21(18-11-4-2-5-12-18)28-24(20)26-22(25-23)19-13-6-3-7-14-19/h2-7,11-14,16-17,22-23,25-26H,8-10,15H2,1H3. The Labute approximate surface area is 171 Å². The molecule has 5 rings (SSSR count). The second kappa shape index (κ2) is 7.70. The van der Waals surface area contributed by atoms with Gasteiger partial charge in [-0.2, -0.15) is 0 Å². The van der Waals surface area contributed by atoms with Crippen molar-refractivity contribution in [1.82, 2.24) is 10.2 Å². The Morgan fingerprint density at radius 2 is 1.71 bits per heavy atom. The summed E-state index contributed by atoms with van der Waals surface area (Å²) in [5, 5.41) is 8.98. The van der Waals surface area contributed by atoms with Crippen molar-refractivity contribution in [2.75, 3.05) is 11.9 Å². The summed E-state index contributed by atoms with van der Waals surface area (Å²) in [6, 6.07) is 24.5. The average Bonchev–Trinajstić information content (AvgIpc) is 3.19. The van der Waals surface area contributed by atoms with Crippen LogP contribution in [0.2, 0.25) is 0 Å². The molecule has 4 heteroatoms. The van der Waals surface area contributed by atoms with Crippen LogP contribution in [0.5, 0.6) is 0 Å². The molecule has 0 bridgehead atoms. The van der Waals surface area contributed by atoms with Gasteiger partial charge in [0.2, 0.25) is 0 Å². The molecule has 1 aromatic heterocycles. The minimum absolute atomic E-state index is 0.134. The number of benzene rings is 2. The summed E-state index contributed by atoms with van der Waals surface area (Å²) in [6.45, 7) is 3.54. The van der Waals surface area contributed by atoms with Gasteiger partial charge >= 0.3 is 0 Å². The van der Waals surface area contributed by atoms with E-state index in [9.17, 15) is 0 Å². The second-order valence-electron chi connectivity index (χ2n) is 7.90. The highest BCUT2D eigenvalue weighted by atomic mass is 32.1. The SMILES string of the molecule is CC1CCCCN1C1NC(c2ccccc2)Nc2sc(-c3ccccc3)cc21. The summed E-state index contributed by atoms with van der Waals surface area (Å²) >= 11 is 1.88. The molecule has 0 amide bonds. The fraction of sp³-hybridized carbons (Fsp3) is 0.333. The Hall–Kier alpha value is -2.14. The topological polar surface area (TPSA) is 27.3 Å². The first-order chi connectivity index (χ1) is 13.8. The average molecular weight is 390 g/mol. The van der Waals surface area contributed by atoms with Gasteiger partial charge in [0, 0.05) is 23.0 Å². The Balaban J connectivity index is 1.55. The highest BCUT2D eigenvalue weighted by Crippen LogP contribution is 2.45. The van der Waals surface area contributed by atoms with Gasteiger partial charge in [-0.1, -0.05) is 67.1 Å². The molecular formula is C24H27N3S. The van der Waals surface area contributed by atoms with Gasteiger partial charge in [-0.3, -0.25) is 10.2 Å². The van der Waals surface area contributed by atoms with E-state index < -0.39 is 0 Å². The van der Waals surface area contributed by atoms with Crippen LogP contribution in [0.1, 0.15) is 49.6 Å². The van der Waals surface area contributed by atoms with Gasteiger partial charge in [0.05, 0.1) is 11.2 Å². The second-order valence-corrected chi connectivity index (χ2v) is 8.95. The molecule has 2 aromatic carbocycles. The summed E-state index contributed by atoms with van der Waals surface area (Å²) in [7, 11) is 0. The smallest absolute Gasteiger partial charge is 0.105 e. The number of likely N-dealkylation sites (tertiary alicyclic amines) is 1. The van der Waals surface area contributed by atoms with Crippen LogP contribution in [0, 0.1) is 0 Å². The summed E-state index contributed by atoms with van der Waals surface area (Å²) < 4.78 is 0. The van der Waals surface area contributed by atoms with Crippen LogP contribution in [0.25, 0.3) is 10.4 Å². The van der Waals surface area contributed by atoms with Crippen molar-refractivity contribution in [1.29, 1.82) is 0 Å². The lowest BCUT2D eigenvalue weighted by Gasteiger charge is -2.44. The van der Waals surface area contributed by atoms with Crippen LogP contribution in [-0.4, -0.2) is 17.5 Å². The quantitative estimate of drug-likeness (QED) is 0.575. The van der Waals surface area contributed by atoms with Crippen molar-refractivity contribution in [3.05, 3.63) is 77.9 Å². The maximum atomic E-state index is 3.91. The van der Waals surface area contributed by atoms with E-state index in [1.165, 1.54) is 45.8 Å². The third kappa shape index (κ3) is 3.37. The molecule has 1 fully saturated rings. The molecule has 2 aliphatic rings. The molecular weight excluding hydrogens is 362 g/mol. The van der Waals surface area contributed by atoms with Gasteiger partial charge in [-0.05, 0) is 37.0 Å². The molecule has 0 spiro atoms. The molecule has 144 valence electrons. The third-order valence-electron chi connectivity index (χ3n) is 6.03. The van der Waals surface area contributed by atoms with Crippen LogP contribution in [0.3, 0.4) is 0 Å². The highest BCUT2D eigenvalue weighted by Gasteiger charge is 2.35. The number of hydrogen-bond acceptors (Lipinski definition) is 4. The van der Waals surface area contributed by atoms with Crippen molar-refractivity contribution < 1.29 is 0 Å². The number of hydrogen-bond donors (Lipinski definition) is 2. The molecule has 2 aliphatic heterocycles. The predicted octanol–water partition coefficient (Wildman–Crippen LogP) is 6.00. The zero-order valence-corrected chi connectivity index (χ0v) is 17.1. The Bertz CT molecular complexity index is 922. The van der Waals surface area contributed by atoms with Crippen molar-refractivity contribution in [2.24, 2.45) is 0 Å². The molecule has 1 saturated heterocycles. The van der Waals surface area contributed by atoms with Gasteiger partial charge in [-0.15, -0.1) is 11.3 Å². The minimum Gasteiger partial charge on any atom is -0.357 e. The van der Waals surface area contributed by atoms with E-state index in [4.69, 9.17) is 0 Å². The summed E-state index contributed by atoms with van der Waals surface area (Å²) in [6.07, 6.45) is 4.31.